The zero-order valence-electron chi connectivity index (χ0n) is 18.2. The van der Waals surface area contributed by atoms with Gasteiger partial charge in [-0.25, -0.2) is 4.98 Å². The minimum absolute atomic E-state index is 0.00404. The van der Waals surface area contributed by atoms with Crippen molar-refractivity contribution in [3.63, 3.8) is 0 Å². The Kier molecular flexibility index (Phi) is 7.39. The van der Waals surface area contributed by atoms with Crippen LogP contribution in [0.1, 0.15) is 25.1 Å². The number of pyridine rings is 1. The Hall–Kier alpha value is -2.90. The Morgan fingerprint density at radius 3 is 2.66 bits per heavy atom. The number of thioether (sulfide) groups is 1. The molecule has 0 radical (unpaired) electrons. The van der Waals surface area contributed by atoms with Crippen molar-refractivity contribution >= 4 is 44.4 Å². The van der Waals surface area contributed by atoms with Crippen LogP contribution in [0.4, 0.5) is 5.13 Å². The van der Waals surface area contributed by atoms with E-state index in [-0.39, 0.29) is 5.91 Å². The molecule has 2 heterocycles. The molecule has 0 N–H and O–H groups in total. The van der Waals surface area contributed by atoms with E-state index in [0.29, 0.717) is 24.7 Å². The molecule has 164 valence electrons. The van der Waals surface area contributed by atoms with Gasteiger partial charge in [0.15, 0.2) is 5.13 Å². The van der Waals surface area contributed by atoms with Gasteiger partial charge in [0.25, 0.3) is 0 Å². The van der Waals surface area contributed by atoms with E-state index < -0.39 is 0 Å². The summed E-state index contributed by atoms with van der Waals surface area (Å²) >= 11 is 3.29. The number of carbonyl (C=O) groups excluding carboxylic acids is 1. The van der Waals surface area contributed by atoms with Crippen molar-refractivity contribution in [2.75, 3.05) is 17.3 Å². The van der Waals surface area contributed by atoms with E-state index in [0.717, 1.165) is 33.0 Å². The molecular weight excluding hydrogens is 438 g/mol. The predicted molar refractivity (Wildman–Crippen MR) is 133 cm³/mol. The first-order valence-corrected chi connectivity index (χ1v) is 12.4. The summed E-state index contributed by atoms with van der Waals surface area (Å²) in [4.78, 5) is 25.5. The fourth-order valence-electron chi connectivity index (χ4n) is 3.32. The lowest BCUT2D eigenvalue weighted by molar-refractivity contribution is -0.118. The number of carbonyl (C=O) groups is 1. The van der Waals surface area contributed by atoms with Crippen molar-refractivity contribution in [3.05, 3.63) is 78.1 Å². The Bertz CT molecular complexity index is 1180. The Balaban J connectivity index is 1.62. The first kappa shape index (κ1) is 22.3. The zero-order valence-corrected chi connectivity index (χ0v) is 19.8. The molecular formula is C25H25N3O2S2. The van der Waals surface area contributed by atoms with Gasteiger partial charge in [-0.1, -0.05) is 36.5 Å². The summed E-state index contributed by atoms with van der Waals surface area (Å²) in [5.74, 6) is 1.83. The largest absolute Gasteiger partial charge is 0.494 e. The van der Waals surface area contributed by atoms with Crippen LogP contribution in [0.15, 0.2) is 71.8 Å². The van der Waals surface area contributed by atoms with E-state index in [4.69, 9.17) is 9.72 Å². The highest BCUT2D eigenvalue weighted by molar-refractivity contribution is 7.99. The topological polar surface area (TPSA) is 55.3 Å². The molecule has 0 aliphatic rings. The highest BCUT2D eigenvalue weighted by Crippen LogP contribution is 2.32. The van der Waals surface area contributed by atoms with E-state index >= 15 is 0 Å². The number of thiazole rings is 1. The van der Waals surface area contributed by atoms with Crippen LogP contribution >= 0.6 is 23.1 Å². The van der Waals surface area contributed by atoms with Gasteiger partial charge in [-0.2, -0.15) is 0 Å². The molecule has 0 fully saturated rings. The van der Waals surface area contributed by atoms with Gasteiger partial charge in [-0.05, 0) is 60.7 Å². The number of anilines is 1. The standard InChI is InChI=1S/C25H25N3O2S2/c1-3-30-20-10-13-22-23(16-20)32-25(27-22)28(17-19-7-5-6-14-26-19)24(29)15-18-8-11-21(12-9-18)31-4-2/h5-14,16H,3-4,15,17H2,1-2H3. The third-order valence-electron chi connectivity index (χ3n) is 4.83. The molecule has 7 heteroatoms. The average molecular weight is 464 g/mol. The van der Waals surface area contributed by atoms with Crippen molar-refractivity contribution in [1.82, 2.24) is 9.97 Å². The number of ether oxygens (including phenoxy) is 1. The molecule has 4 aromatic rings. The minimum Gasteiger partial charge on any atom is -0.494 e. The highest BCUT2D eigenvalue weighted by Gasteiger charge is 2.21. The number of benzene rings is 2. The lowest BCUT2D eigenvalue weighted by Crippen LogP contribution is -2.32. The van der Waals surface area contributed by atoms with E-state index in [1.54, 1.807) is 22.9 Å². The second-order valence-corrected chi connectivity index (χ2v) is 9.46. The highest BCUT2D eigenvalue weighted by atomic mass is 32.2. The summed E-state index contributed by atoms with van der Waals surface area (Å²) in [6.45, 7) is 5.08. The second kappa shape index (κ2) is 10.6. The van der Waals surface area contributed by atoms with Crippen molar-refractivity contribution < 1.29 is 9.53 Å². The lowest BCUT2D eigenvalue weighted by Gasteiger charge is -2.19. The van der Waals surface area contributed by atoms with Crippen LogP contribution in [0.3, 0.4) is 0 Å². The monoisotopic (exact) mass is 463 g/mol. The third kappa shape index (κ3) is 5.47. The molecule has 0 bridgehead atoms. The van der Waals surface area contributed by atoms with Gasteiger partial charge in [0, 0.05) is 11.1 Å². The van der Waals surface area contributed by atoms with Crippen LogP contribution in [-0.2, 0) is 17.8 Å². The van der Waals surface area contributed by atoms with Gasteiger partial charge >= 0.3 is 0 Å². The fourth-order valence-corrected chi connectivity index (χ4v) is 4.99. The van der Waals surface area contributed by atoms with Crippen LogP contribution in [-0.4, -0.2) is 28.2 Å². The summed E-state index contributed by atoms with van der Waals surface area (Å²) in [6, 6.07) is 19.8. The summed E-state index contributed by atoms with van der Waals surface area (Å²) in [6.07, 6.45) is 2.05. The number of hydrogen-bond acceptors (Lipinski definition) is 6. The maximum atomic E-state index is 13.4. The van der Waals surface area contributed by atoms with Crippen LogP contribution < -0.4 is 9.64 Å². The normalized spacial score (nSPS) is 10.9. The molecule has 2 aromatic heterocycles. The quantitative estimate of drug-likeness (QED) is 0.286. The lowest BCUT2D eigenvalue weighted by atomic mass is 10.1. The van der Waals surface area contributed by atoms with E-state index in [1.807, 2.05) is 55.5 Å². The molecule has 0 spiro atoms. The van der Waals surface area contributed by atoms with Gasteiger partial charge in [0.05, 0.1) is 35.5 Å². The van der Waals surface area contributed by atoms with Crippen LogP contribution in [0.2, 0.25) is 0 Å². The van der Waals surface area contributed by atoms with Crippen molar-refractivity contribution in [2.24, 2.45) is 0 Å². The molecule has 0 atom stereocenters. The van der Waals surface area contributed by atoms with Gasteiger partial charge in [0.1, 0.15) is 5.75 Å². The van der Waals surface area contributed by atoms with E-state index in [9.17, 15) is 4.79 Å². The summed E-state index contributed by atoms with van der Waals surface area (Å²) in [5.41, 5.74) is 2.67. The van der Waals surface area contributed by atoms with E-state index in [1.165, 1.54) is 16.2 Å². The van der Waals surface area contributed by atoms with Crippen LogP contribution in [0.25, 0.3) is 10.2 Å². The van der Waals surface area contributed by atoms with Gasteiger partial charge in [-0.3, -0.25) is 14.7 Å². The molecule has 5 nitrogen and oxygen atoms in total. The van der Waals surface area contributed by atoms with E-state index in [2.05, 4.69) is 24.0 Å². The molecule has 32 heavy (non-hydrogen) atoms. The summed E-state index contributed by atoms with van der Waals surface area (Å²) in [7, 11) is 0. The Morgan fingerprint density at radius 2 is 1.94 bits per heavy atom. The first-order valence-electron chi connectivity index (χ1n) is 10.6. The molecule has 1 amide bonds. The molecule has 0 unspecified atom stereocenters. The number of nitrogens with zero attached hydrogens (tertiary/aromatic N) is 3. The SMILES string of the molecule is CCOc1ccc2nc(N(Cc3ccccn3)C(=O)Cc3ccc(SCC)cc3)sc2c1. The second-order valence-electron chi connectivity index (χ2n) is 7.11. The van der Waals surface area contributed by atoms with Crippen molar-refractivity contribution in [2.45, 2.75) is 31.7 Å². The molecule has 0 aliphatic carbocycles. The third-order valence-corrected chi connectivity index (χ3v) is 6.76. The average Bonchev–Trinajstić information content (AvgIpc) is 3.23. The Labute approximate surface area is 196 Å². The zero-order chi connectivity index (χ0) is 22.3. The van der Waals surface area contributed by atoms with Gasteiger partial charge in [0.2, 0.25) is 5.91 Å². The minimum atomic E-state index is -0.00404. The number of fused-ring (bicyclic) bond motifs is 1. The van der Waals surface area contributed by atoms with Crippen LogP contribution in [0.5, 0.6) is 5.75 Å². The smallest absolute Gasteiger partial charge is 0.233 e. The maximum Gasteiger partial charge on any atom is 0.233 e. The summed E-state index contributed by atoms with van der Waals surface area (Å²) in [5, 5.41) is 0.669. The Morgan fingerprint density at radius 1 is 1.09 bits per heavy atom. The number of aromatic nitrogens is 2. The number of amides is 1. The summed E-state index contributed by atoms with van der Waals surface area (Å²) < 4.78 is 6.61. The molecule has 2 aromatic carbocycles. The molecule has 4 rings (SSSR count). The maximum absolute atomic E-state index is 13.4. The fraction of sp³-hybridized carbons (Fsp3) is 0.240. The van der Waals surface area contributed by atoms with Crippen molar-refractivity contribution in [3.8, 4) is 5.75 Å². The molecule has 0 saturated heterocycles. The van der Waals surface area contributed by atoms with Crippen molar-refractivity contribution in [1.29, 1.82) is 0 Å². The van der Waals surface area contributed by atoms with Gasteiger partial charge in [-0.15, -0.1) is 11.8 Å². The van der Waals surface area contributed by atoms with Gasteiger partial charge < -0.3 is 4.74 Å². The van der Waals surface area contributed by atoms with Crippen LogP contribution in [0, 0.1) is 0 Å². The number of rotatable bonds is 9. The first-order chi connectivity index (χ1) is 15.7. The number of hydrogen-bond donors (Lipinski definition) is 0. The molecule has 0 aliphatic heterocycles. The predicted octanol–water partition coefficient (Wildman–Crippen LogP) is 5.98. The molecule has 0 saturated carbocycles.